The summed E-state index contributed by atoms with van der Waals surface area (Å²) in [6, 6.07) is 1.70. The Morgan fingerprint density at radius 2 is 2.36 bits per heavy atom. The van der Waals surface area contributed by atoms with Gasteiger partial charge < -0.3 is 10.5 Å². The number of rotatable bonds is 3. The van der Waals surface area contributed by atoms with E-state index >= 15 is 0 Å². The summed E-state index contributed by atoms with van der Waals surface area (Å²) in [5.41, 5.74) is 5.93. The molecule has 0 aliphatic rings. The molecule has 0 bridgehead atoms. The summed E-state index contributed by atoms with van der Waals surface area (Å²) in [6.07, 6.45) is 3.12. The van der Waals surface area contributed by atoms with Crippen molar-refractivity contribution in [2.75, 3.05) is 19.8 Å². The smallest absolute Gasteiger partial charge is 0.138 e. The van der Waals surface area contributed by atoms with Crippen molar-refractivity contribution in [2.24, 2.45) is 5.73 Å². The Kier molecular flexibility index (Phi) is 4.45. The summed E-state index contributed by atoms with van der Waals surface area (Å²) in [7, 11) is 0. The molecule has 1 heterocycles. The van der Waals surface area contributed by atoms with Crippen molar-refractivity contribution in [1.82, 2.24) is 4.98 Å². The maximum absolute atomic E-state index is 11.8. The highest BCUT2D eigenvalue weighted by atomic mass is 19.1. The number of nitrogens with zero attached hydrogens (tertiary/aromatic N) is 1. The van der Waals surface area contributed by atoms with Gasteiger partial charge in [-0.25, -0.2) is 4.39 Å². The maximum atomic E-state index is 11.8. The largest absolute Gasteiger partial charge is 0.489 e. The molecule has 74 valence electrons. The number of aromatic nitrogens is 1. The van der Waals surface area contributed by atoms with Crippen LogP contribution in [0.25, 0.3) is 0 Å². The molecule has 0 unspecified atom stereocenters. The molecule has 0 atom stereocenters. The van der Waals surface area contributed by atoms with Gasteiger partial charge in [0, 0.05) is 11.8 Å². The Morgan fingerprint density at radius 3 is 3.07 bits per heavy atom. The second-order valence-corrected chi connectivity index (χ2v) is 2.45. The van der Waals surface area contributed by atoms with E-state index in [0.29, 0.717) is 17.9 Å². The molecule has 14 heavy (non-hydrogen) atoms. The van der Waals surface area contributed by atoms with Gasteiger partial charge in [-0.1, -0.05) is 11.8 Å². The van der Waals surface area contributed by atoms with Crippen molar-refractivity contribution in [2.45, 2.75) is 0 Å². The molecular formula is C10H11FN2O. The zero-order valence-electron chi connectivity index (χ0n) is 7.66. The molecule has 0 amide bonds. The minimum absolute atomic E-state index is 0.0372. The Hall–Kier alpha value is -1.60. The first-order chi connectivity index (χ1) is 6.86. The highest BCUT2D eigenvalue weighted by molar-refractivity contribution is 5.36. The molecule has 0 spiro atoms. The van der Waals surface area contributed by atoms with Gasteiger partial charge in [0.1, 0.15) is 19.0 Å². The summed E-state index contributed by atoms with van der Waals surface area (Å²) >= 11 is 0. The van der Waals surface area contributed by atoms with Gasteiger partial charge in [-0.05, 0) is 6.07 Å². The average molecular weight is 194 g/mol. The van der Waals surface area contributed by atoms with Gasteiger partial charge in [-0.15, -0.1) is 0 Å². The number of nitrogens with two attached hydrogens (primary N) is 1. The summed E-state index contributed by atoms with van der Waals surface area (Å²) < 4.78 is 16.8. The third-order valence-corrected chi connectivity index (χ3v) is 1.39. The number of hydrogen-bond acceptors (Lipinski definition) is 3. The van der Waals surface area contributed by atoms with E-state index in [9.17, 15) is 4.39 Å². The van der Waals surface area contributed by atoms with Gasteiger partial charge in [-0.3, -0.25) is 4.98 Å². The summed E-state index contributed by atoms with van der Waals surface area (Å²) in [5.74, 6) is 6.03. The first-order valence-electron chi connectivity index (χ1n) is 4.19. The van der Waals surface area contributed by atoms with Gasteiger partial charge in [0.2, 0.25) is 0 Å². The highest BCUT2D eigenvalue weighted by Crippen LogP contribution is 2.09. The van der Waals surface area contributed by atoms with Crippen LogP contribution in [0.5, 0.6) is 5.75 Å². The summed E-state index contributed by atoms with van der Waals surface area (Å²) in [6.45, 7) is -0.177. The van der Waals surface area contributed by atoms with E-state index in [-0.39, 0.29) is 6.61 Å². The Labute approximate surface area is 82.1 Å². The van der Waals surface area contributed by atoms with Crippen molar-refractivity contribution < 1.29 is 9.13 Å². The van der Waals surface area contributed by atoms with Crippen LogP contribution in [-0.2, 0) is 0 Å². The van der Waals surface area contributed by atoms with Crippen LogP contribution in [0.1, 0.15) is 5.56 Å². The number of halogens is 1. The lowest BCUT2D eigenvalue weighted by atomic mass is 10.3. The van der Waals surface area contributed by atoms with Crippen LogP contribution < -0.4 is 10.5 Å². The zero-order chi connectivity index (χ0) is 10.2. The molecule has 0 aliphatic carbocycles. The Balaban J connectivity index is 2.68. The molecule has 0 fully saturated rings. The van der Waals surface area contributed by atoms with Crippen LogP contribution in [0, 0.1) is 11.8 Å². The maximum Gasteiger partial charge on any atom is 0.138 e. The Morgan fingerprint density at radius 1 is 1.50 bits per heavy atom. The third kappa shape index (κ3) is 3.42. The number of hydrogen-bond donors (Lipinski definition) is 1. The second-order valence-electron chi connectivity index (χ2n) is 2.45. The minimum Gasteiger partial charge on any atom is -0.489 e. The fourth-order valence-corrected chi connectivity index (χ4v) is 0.876. The fourth-order valence-electron chi connectivity index (χ4n) is 0.876. The van der Waals surface area contributed by atoms with Gasteiger partial charge in [0.05, 0.1) is 12.7 Å². The van der Waals surface area contributed by atoms with Crippen molar-refractivity contribution in [3.63, 3.8) is 0 Å². The molecule has 1 aromatic heterocycles. The average Bonchev–Trinajstić information content (AvgIpc) is 2.24. The molecule has 4 heteroatoms. The molecule has 2 N–H and O–H groups in total. The molecule has 0 radical (unpaired) electrons. The van der Waals surface area contributed by atoms with Crippen molar-refractivity contribution >= 4 is 0 Å². The number of alkyl halides is 1. The van der Waals surface area contributed by atoms with E-state index in [4.69, 9.17) is 10.5 Å². The quantitative estimate of drug-likeness (QED) is 0.722. The van der Waals surface area contributed by atoms with E-state index in [2.05, 4.69) is 16.8 Å². The molecule has 0 aromatic carbocycles. The zero-order valence-corrected chi connectivity index (χ0v) is 7.66. The van der Waals surface area contributed by atoms with Crippen molar-refractivity contribution in [3.8, 4) is 17.6 Å². The van der Waals surface area contributed by atoms with Crippen LogP contribution in [0.3, 0.4) is 0 Å². The first kappa shape index (κ1) is 10.5. The van der Waals surface area contributed by atoms with E-state index < -0.39 is 6.67 Å². The molecule has 0 saturated heterocycles. The van der Waals surface area contributed by atoms with Crippen molar-refractivity contribution in [3.05, 3.63) is 24.0 Å². The van der Waals surface area contributed by atoms with Crippen LogP contribution in [0.15, 0.2) is 18.5 Å². The lowest BCUT2D eigenvalue weighted by Crippen LogP contribution is -1.99. The molecule has 0 aliphatic heterocycles. The molecule has 3 nitrogen and oxygen atoms in total. The SMILES string of the molecule is NCC#Cc1cncc(OCCF)c1. The Bertz CT molecular complexity index is 343. The predicted molar refractivity (Wildman–Crippen MR) is 51.6 cm³/mol. The van der Waals surface area contributed by atoms with E-state index in [1.165, 1.54) is 6.20 Å². The van der Waals surface area contributed by atoms with E-state index in [0.717, 1.165) is 0 Å². The van der Waals surface area contributed by atoms with Gasteiger partial charge >= 0.3 is 0 Å². The number of pyridine rings is 1. The van der Waals surface area contributed by atoms with Crippen LogP contribution in [0.4, 0.5) is 4.39 Å². The summed E-state index contributed by atoms with van der Waals surface area (Å²) in [4.78, 5) is 3.90. The van der Waals surface area contributed by atoms with Crippen LogP contribution in [0.2, 0.25) is 0 Å². The number of ether oxygens (including phenoxy) is 1. The third-order valence-electron chi connectivity index (χ3n) is 1.39. The van der Waals surface area contributed by atoms with Gasteiger partial charge in [-0.2, -0.15) is 0 Å². The van der Waals surface area contributed by atoms with Crippen LogP contribution in [-0.4, -0.2) is 24.8 Å². The minimum atomic E-state index is -0.515. The normalized spacial score (nSPS) is 9.00. The second kappa shape index (κ2) is 5.95. The first-order valence-corrected chi connectivity index (χ1v) is 4.19. The molecular weight excluding hydrogens is 183 g/mol. The van der Waals surface area contributed by atoms with Gasteiger partial charge in [0.15, 0.2) is 0 Å². The lowest BCUT2D eigenvalue weighted by molar-refractivity contribution is 0.272. The molecule has 1 aromatic rings. The highest BCUT2D eigenvalue weighted by Gasteiger charge is 1.94. The summed E-state index contributed by atoms with van der Waals surface area (Å²) in [5, 5.41) is 0. The molecule has 0 saturated carbocycles. The van der Waals surface area contributed by atoms with E-state index in [1.807, 2.05) is 0 Å². The fraction of sp³-hybridized carbons (Fsp3) is 0.300. The van der Waals surface area contributed by atoms with Crippen LogP contribution >= 0.6 is 0 Å². The molecule has 1 rings (SSSR count). The standard InChI is InChI=1S/C10H11FN2O/c11-3-5-14-10-6-9(2-1-4-12)7-13-8-10/h6-8H,3-5,12H2. The topological polar surface area (TPSA) is 48.1 Å². The monoisotopic (exact) mass is 194 g/mol. The lowest BCUT2D eigenvalue weighted by Gasteiger charge is -2.02. The predicted octanol–water partition coefficient (Wildman–Crippen LogP) is 0.740. The van der Waals surface area contributed by atoms with Gasteiger partial charge in [0.25, 0.3) is 0 Å². The van der Waals surface area contributed by atoms with Crippen molar-refractivity contribution in [1.29, 1.82) is 0 Å². The van der Waals surface area contributed by atoms with E-state index in [1.54, 1.807) is 12.3 Å².